The van der Waals surface area contributed by atoms with E-state index in [4.69, 9.17) is 16.3 Å². The average Bonchev–Trinajstić information content (AvgIpc) is 2.75. The first-order chi connectivity index (χ1) is 9.56. The molecule has 0 unspecified atom stereocenters. The molecule has 0 radical (unpaired) electrons. The van der Waals surface area contributed by atoms with Crippen LogP contribution in [0.1, 0.15) is 20.1 Å². The van der Waals surface area contributed by atoms with Gasteiger partial charge in [-0.3, -0.25) is 4.79 Å². The summed E-state index contributed by atoms with van der Waals surface area (Å²) in [6.07, 6.45) is 0. The Kier molecular flexibility index (Phi) is 5.04. The number of benzene rings is 1. The second-order valence-corrected chi connectivity index (χ2v) is 6.28. The predicted octanol–water partition coefficient (Wildman–Crippen LogP) is 3.83. The van der Waals surface area contributed by atoms with Crippen LogP contribution >= 0.6 is 22.9 Å². The molecule has 1 amide bonds. The van der Waals surface area contributed by atoms with Crippen LogP contribution < -0.4 is 10.1 Å². The Morgan fingerprint density at radius 3 is 2.60 bits per heavy atom. The maximum Gasteiger partial charge on any atom is 0.252 e. The molecule has 1 N–H and O–H groups in total. The molecule has 0 saturated carbocycles. The molecule has 2 aromatic rings. The van der Waals surface area contributed by atoms with Crippen molar-refractivity contribution in [1.82, 2.24) is 5.32 Å². The van der Waals surface area contributed by atoms with Gasteiger partial charge < -0.3 is 10.1 Å². The van der Waals surface area contributed by atoms with Gasteiger partial charge in [-0.2, -0.15) is 0 Å². The topological polar surface area (TPSA) is 38.3 Å². The lowest BCUT2D eigenvalue weighted by molar-refractivity contribution is 0.0947. The first kappa shape index (κ1) is 14.9. The summed E-state index contributed by atoms with van der Waals surface area (Å²) in [4.78, 5) is 14.1. The summed E-state index contributed by atoms with van der Waals surface area (Å²) in [5.74, 6) is 0.692. The largest absolute Gasteiger partial charge is 0.492 e. The lowest BCUT2D eigenvalue weighted by Crippen LogP contribution is -2.28. The molecule has 1 aromatic carbocycles. The van der Waals surface area contributed by atoms with Gasteiger partial charge in [0.05, 0.1) is 12.1 Å². The number of nitrogens with one attached hydrogen (secondary N) is 1. The Balaban J connectivity index is 1.77. The zero-order chi connectivity index (χ0) is 14.5. The van der Waals surface area contributed by atoms with Crippen LogP contribution in [0.25, 0.3) is 0 Å². The fourth-order valence-corrected chi connectivity index (χ4v) is 2.86. The van der Waals surface area contributed by atoms with Crippen molar-refractivity contribution in [3.05, 3.63) is 50.7 Å². The molecular weight excluding hydrogens is 294 g/mol. The maximum absolute atomic E-state index is 12.0. The smallest absolute Gasteiger partial charge is 0.252 e. The van der Waals surface area contributed by atoms with Crippen molar-refractivity contribution < 1.29 is 9.53 Å². The quantitative estimate of drug-likeness (QED) is 0.853. The van der Waals surface area contributed by atoms with Crippen LogP contribution in [0, 0.1) is 13.8 Å². The Morgan fingerprint density at radius 1 is 1.30 bits per heavy atom. The highest BCUT2D eigenvalue weighted by Gasteiger charge is 2.10. The van der Waals surface area contributed by atoms with Gasteiger partial charge in [0.25, 0.3) is 5.91 Å². The molecule has 0 spiro atoms. The SMILES string of the molecule is Cc1cc(C(=O)NCCOc2ccc(Cl)cc2)c(C)s1. The van der Waals surface area contributed by atoms with Gasteiger partial charge >= 0.3 is 0 Å². The van der Waals surface area contributed by atoms with Gasteiger partial charge in [0.15, 0.2) is 0 Å². The van der Waals surface area contributed by atoms with E-state index in [-0.39, 0.29) is 5.91 Å². The highest BCUT2D eigenvalue weighted by molar-refractivity contribution is 7.12. The monoisotopic (exact) mass is 309 g/mol. The highest BCUT2D eigenvalue weighted by Crippen LogP contribution is 2.20. The molecule has 0 atom stereocenters. The summed E-state index contributed by atoms with van der Waals surface area (Å²) in [7, 11) is 0. The van der Waals surface area contributed by atoms with Crippen LogP contribution in [0.4, 0.5) is 0 Å². The second-order valence-electron chi connectivity index (χ2n) is 4.39. The van der Waals surface area contributed by atoms with Crippen molar-refractivity contribution in [3.8, 4) is 5.75 Å². The van der Waals surface area contributed by atoms with Crippen LogP contribution in [0.5, 0.6) is 5.75 Å². The summed E-state index contributed by atoms with van der Waals surface area (Å²) >= 11 is 7.42. The lowest BCUT2D eigenvalue weighted by atomic mass is 10.2. The molecule has 0 saturated heterocycles. The van der Waals surface area contributed by atoms with Crippen LogP contribution in [0.15, 0.2) is 30.3 Å². The number of carbonyl (C=O) groups excluding carboxylic acids is 1. The molecule has 0 fully saturated rings. The Bertz CT molecular complexity index is 592. The molecule has 5 heteroatoms. The van der Waals surface area contributed by atoms with E-state index < -0.39 is 0 Å². The molecule has 2 rings (SSSR count). The van der Waals surface area contributed by atoms with E-state index in [2.05, 4.69) is 5.32 Å². The molecule has 3 nitrogen and oxygen atoms in total. The van der Waals surface area contributed by atoms with Gasteiger partial charge in [-0.25, -0.2) is 0 Å². The summed E-state index contributed by atoms with van der Waals surface area (Å²) in [5, 5.41) is 3.53. The number of rotatable bonds is 5. The highest BCUT2D eigenvalue weighted by atomic mass is 35.5. The normalized spacial score (nSPS) is 10.3. The van der Waals surface area contributed by atoms with E-state index in [0.29, 0.717) is 18.2 Å². The predicted molar refractivity (Wildman–Crippen MR) is 83.1 cm³/mol. The summed E-state index contributed by atoms with van der Waals surface area (Å²) in [6, 6.07) is 9.06. The minimum absolute atomic E-state index is 0.0495. The van der Waals surface area contributed by atoms with Crippen molar-refractivity contribution in [2.75, 3.05) is 13.2 Å². The summed E-state index contributed by atoms with van der Waals surface area (Å²) in [5.41, 5.74) is 0.749. The summed E-state index contributed by atoms with van der Waals surface area (Å²) in [6.45, 7) is 4.85. The van der Waals surface area contributed by atoms with Gasteiger partial charge in [0.1, 0.15) is 12.4 Å². The van der Waals surface area contributed by atoms with Crippen LogP contribution in [0.3, 0.4) is 0 Å². The minimum atomic E-state index is -0.0495. The molecule has 1 aromatic heterocycles. The number of ether oxygens (including phenoxy) is 1. The molecule has 106 valence electrons. The molecule has 0 bridgehead atoms. The van der Waals surface area contributed by atoms with Gasteiger partial charge in [0.2, 0.25) is 0 Å². The third-order valence-electron chi connectivity index (χ3n) is 2.76. The van der Waals surface area contributed by atoms with Crippen molar-refractivity contribution in [2.45, 2.75) is 13.8 Å². The van der Waals surface area contributed by atoms with E-state index in [9.17, 15) is 4.79 Å². The molecule has 20 heavy (non-hydrogen) atoms. The fourth-order valence-electron chi connectivity index (χ4n) is 1.82. The van der Waals surface area contributed by atoms with E-state index >= 15 is 0 Å². The molecule has 0 aliphatic rings. The Labute approximate surface area is 127 Å². The number of amides is 1. The maximum atomic E-state index is 12.0. The number of carbonyl (C=O) groups is 1. The number of hydrogen-bond donors (Lipinski definition) is 1. The molecule has 1 heterocycles. The minimum Gasteiger partial charge on any atom is -0.492 e. The Morgan fingerprint density at radius 2 is 2.00 bits per heavy atom. The standard InChI is InChI=1S/C15H16ClNO2S/c1-10-9-14(11(2)20-10)15(18)17-7-8-19-13-5-3-12(16)4-6-13/h3-6,9H,7-8H2,1-2H3,(H,17,18). The third kappa shape index (κ3) is 3.99. The summed E-state index contributed by atoms with van der Waals surface area (Å²) < 4.78 is 5.51. The molecule has 0 aliphatic heterocycles. The van der Waals surface area contributed by atoms with Crippen molar-refractivity contribution >= 4 is 28.8 Å². The lowest BCUT2D eigenvalue weighted by Gasteiger charge is -2.07. The van der Waals surface area contributed by atoms with Crippen molar-refractivity contribution in [2.24, 2.45) is 0 Å². The Hall–Kier alpha value is -1.52. The first-order valence-corrected chi connectivity index (χ1v) is 7.49. The van der Waals surface area contributed by atoms with Crippen molar-refractivity contribution in [1.29, 1.82) is 0 Å². The van der Waals surface area contributed by atoms with Gasteiger partial charge in [-0.1, -0.05) is 11.6 Å². The second kappa shape index (κ2) is 6.77. The van der Waals surface area contributed by atoms with Gasteiger partial charge in [0, 0.05) is 14.8 Å². The van der Waals surface area contributed by atoms with Gasteiger partial charge in [-0.05, 0) is 44.2 Å². The first-order valence-electron chi connectivity index (χ1n) is 6.30. The van der Waals surface area contributed by atoms with E-state index in [1.54, 1.807) is 35.6 Å². The molecule has 0 aliphatic carbocycles. The number of thiophene rings is 1. The molecular formula is C15H16ClNO2S. The fraction of sp³-hybridized carbons (Fsp3) is 0.267. The number of aryl methyl sites for hydroxylation is 2. The third-order valence-corrected chi connectivity index (χ3v) is 3.97. The number of halogens is 1. The number of hydrogen-bond acceptors (Lipinski definition) is 3. The van der Waals surface area contributed by atoms with E-state index in [1.807, 2.05) is 19.9 Å². The van der Waals surface area contributed by atoms with Gasteiger partial charge in [-0.15, -0.1) is 11.3 Å². The van der Waals surface area contributed by atoms with Crippen LogP contribution in [-0.2, 0) is 0 Å². The zero-order valence-corrected chi connectivity index (χ0v) is 13.0. The van der Waals surface area contributed by atoms with Crippen LogP contribution in [0.2, 0.25) is 5.02 Å². The van der Waals surface area contributed by atoms with E-state index in [0.717, 1.165) is 21.1 Å². The average molecular weight is 310 g/mol. The van der Waals surface area contributed by atoms with E-state index in [1.165, 1.54) is 0 Å². The van der Waals surface area contributed by atoms with Crippen molar-refractivity contribution in [3.63, 3.8) is 0 Å². The van der Waals surface area contributed by atoms with Crippen LogP contribution in [-0.4, -0.2) is 19.1 Å². The zero-order valence-electron chi connectivity index (χ0n) is 11.4.